The fourth-order valence-corrected chi connectivity index (χ4v) is 2.04. The number of aliphatic hydroxyl groups excluding tert-OH is 1. The lowest BCUT2D eigenvalue weighted by molar-refractivity contribution is 0.121. The number of hydrogen-bond donors (Lipinski definition) is 2. The van der Waals surface area contributed by atoms with Crippen LogP contribution >= 0.6 is 0 Å². The molecule has 0 saturated heterocycles. The third-order valence-corrected chi connectivity index (χ3v) is 2.90. The van der Waals surface area contributed by atoms with E-state index in [2.05, 4.69) is 18.7 Å². The number of rotatable bonds is 6. The van der Waals surface area contributed by atoms with E-state index >= 15 is 0 Å². The number of nitrogens with two attached hydrogens (primary N) is 1. The van der Waals surface area contributed by atoms with Crippen LogP contribution in [0.3, 0.4) is 0 Å². The van der Waals surface area contributed by atoms with Gasteiger partial charge in [-0.1, -0.05) is 12.1 Å². The molecule has 17 heavy (non-hydrogen) atoms. The second-order valence-electron chi connectivity index (χ2n) is 4.36. The van der Waals surface area contributed by atoms with E-state index in [1.54, 1.807) is 12.1 Å². The molecular weight excluding hydrogens is 219 g/mol. The third-order valence-electron chi connectivity index (χ3n) is 2.90. The molecule has 4 heteroatoms. The normalized spacial score (nSPS) is 13.4. The van der Waals surface area contributed by atoms with Gasteiger partial charge in [-0.15, -0.1) is 0 Å². The Morgan fingerprint density at radius 3 is 2.29 bits per heavy atom. The monoisotopic (exact) mass is 240 g/mol. The molecule has 96 valence electrons. The van der Waals surface area contributed by atoms with Crippen LogP contribution in [0.1, 0.15) is 25.5 Å². The van der Waals surface area contributed by atoms with Crippen LogP contribution in [0.4, 0.5) is 4.39 Å². The maximum Gasteiger partial charge on any atom is 0.123 e. The Hall–Kier alpha value is -0.970. The predicted octanol–water partition coefficient (Wildman–Crippen LogP) is 1.53. The zero-order valence-corrected chi connectivity index (χ0v) is 10.4. The number of aliphatic hydroxyl groups is 1. The zero-order chi connectivity index (χ0) is 12.8. The molecule has 1 unspecified atom stereocenters. The van der Waals surface area contributed by atoms with Crippen LogP contribution in [0, 0.1) is 5.82 Å². The minimum atomic E-state index is -0.247. The van der Waals surface area contributed by atoms with E-state index < -0.39 is 0 Å². The maximum atomic E-state index is 12.9. The van der Waals surface area contributed by atoms with E-state index in [1.165, 1.54) is 12.1 Å². The Bertz CT molecular complexity index is 327. The molecule has 0 fully saturated rings. The minimum Gasteiger partial charge on any atom is -0.395 e. The molecule has 1 rings (SSSR count). The van der Waals surface area contributed by atoms with E-state index in [-0.39, 0.29) is 24.5 Å². The summed E-state index contributed by atoms with van der Waals surface area (Å²) < 4.78 is 12.9. The third kappa shape index (κ3) is 3.77. The van der Waals surface area contributed by atoms with Gasteiger partial charge in [0.2, 0.25) is 0 Å². The molecule has 0 aliphatic carbocycles. The number of benzene rings is 1. The summed E-state index contributed by atoms with van der Waals surface area (Å²) in [5.74, 6) is -0.247. The van der Waals surface area contributed by atoms with Gasteiger partial charge in [0.25, 0.3) is 0 Å². The molecule has 1 atom stereocenters. The molecule has 0 aliphatic rings. The highest BCUT2D eigenvalue weighted by Gasteiger charge is 2.21. The number of nitrogens with zero attached hydrogens (tertiary/aromatic N) is 1. The second-order valence-corrected chi connectivity index (χ2v) is 4.36. The van der Waals surface area contributed by atoms with E-state index in [0.29, 0.717) is 13.1 Å². The van der Waals surface area contributed by atoms with Gasteiger partial charge in [0, 0.05) is 25.2 Å². The van der Waals surface area contributed by atoms with Gasteiger partial charge < -0.3 is 10.8 Å². The SMILES string of the molecule is CC(C)N(CCO)C(CN)c1ccc(F)cc1. The molecule has 1 aromatic carbocycles. The molecule has 0 aliphatic heterocycles. The summed E-state index contributed by atoms with van der Waals surface area (Å²) in [5, 5.41) is 9.08. The molecule has 0 spiro atoms. The average molecular weight is 240 g/mol. The van der Waals surface area contributed by atoms with Crippen molar-refractivity contribution in [3.8, 4) is 0 Å². The first-order chi connectivity index (χ1) is 8.10. The van der Waals surface area contributed by atoms with Gasteiger partial charge in [-0.2, -0.15) is 0 Å². The smallest absolute Gasteiger partial charge is 0.123 e. The lowest BCUT2D eigenvalue weighted by atomic mass is 10.0. The maximum absolute atomic E-state index is 12.9. The largest absolute Gasteiger partial charge is 0.395 e. The van der Waals surface area contributed by atoms with Crippen LogP contribution in [0.25, 0.3) is 0 Å². The summed E-state index contributed by atoms with van der Waals surface area (Å²) in [5.41, 5.74) is 6.78. The van der Waals surface area contributed by atoms with Crippen molar-refractivity contribution in [2.75, 3.05) is 19.7 Å². The molecule has 0 aromatic heterocycles. The van der Waals surface area contributed by atoms with Gasteiger partial charge in [0.15, 0.2) is 0 Å². The highest BCUT2D eigenvalue weighted by molar-refractivity contribution is 5.20. The van der Waals surface area contributed by atoms with Crippen molar-refractivity contribution in [1.29, 1.82) is 0 Å². The van der Waals surface area contributed by atoms with Crippen molar-refractivity contribution in [3.63, 3.8) is 0 Å². The fourth-order valence-electron chi connectivity index (χ4n) is 2.04. The molecule has 0 amide bonds. The van der Waals surface area contributed by atoms with Gasteiger partial charge in [-0.25, -0.2) is 4.39 Å². The number of hydrogen-bond acceptors (Lipinski definition) is 3. The first-order valence-electron chi connectivity index (χ1n) is 5.92. The molecule has 3 N–H and O–H groups in total. The second kappa shape index (κ2) is 6.69. The molecule has 3 nitrogen and oxygen atoms in total. The average Bonchev–Trinajstić information content (AvgIpc) is 2.31. The fraction of sp³-hybridized carbons (Fsp3) is 0.538. The van der Waals surface area contributed by atoms with Gasteiger partial charge in [0.05, 0.1) is 6.61 Å². The molecule has 0 radical (unpaired) electrons. The van der Waals surface area contributed by atoms with Gasteiger partial charge >= 0.3 is 0 Å². The van der Waals surface area contributed by atoms with Crippen LogP contribution in [-0.2, 0) is 0 Å². The molecule has 0 bridgehead atoms. The van der Waals surface area contributed by atoms with Crippen molar-refractivity contribution < 1.29 is 9.50 Å². The van der Waals surface area contributed by atoms with E-state index in [1.807, 2.05) is 0 Å². The lowest BCUT2D eigenvalue weighted by Crippen LogP contribution is -2.40. The quantitative estimate of drug-likeness (QED) is 0.792. The van der Waals surface area contributed by atoms with Crippen LogP contribution in [-0.4, -0.2) is 35.7 Å². The Labute approximate surface area is 102 Å². The standard InChI is InChI=1S/C13H21FN2O/c1-10(2)16(7-8-17)13(9-15)11-3-5-12(14)6-4-11/h3-6,10,13,17H,7-9,15H2,1-2H3. The van der Waals surface area contributed by atoms with Crippen LogP contribution in [0.5, 0.6) is 0 Å². The van der Waals surface area contributed by atoms with Crippen LogP contribution in [0.15, 0.2) is 24.3 Å². The van der Waals surface area contributed by atoms with E-state index in [4.69, 9.17) is 10.8 Å². The van der Waals surface area contributed by atoms with Crippen molar-refractivity contribution in [2.24, 2.45) is 5.73 Å². The Morgan fingerprint density at radius 2 is 1.88 bits per heavy atom. The van der Waals surface area contributed by atoms with Crippen molar-refractivity contribution in [1.82, 2.24) is 4.90 Å². The topological polar surface area (TPSA) is 49.5 Å². The zero-order valence-electron chi connectivity index (χ0n) is 10.4. The minimum absolute atomic E-state index is 0.0164. The summed E-state index contributed by atoms with van der Waals surface area (Å²) in [7, 11) is 0. The predicted molar refractivity (Wildman–Crippen MR) is 67.1 cm³/mol. The highest BCUT2D eigenvalue weighted by atomic mass is 19.1. The van der Waals surface area contributed by atoms with Gasteiger partial charge in [-0.05, 0) is 31.5 Å². The van der Waals surface area contributed by atoms with Gasteiger partial charge in [-0.3, -0.25) is 4.90 Å². The Kier molecular flexibility index (Phi) is 5.55. The van der Waals surface area contributed by atoms with Crippen molar-refractivity contribution >= 4 is 0 Å². The first-order valence-corrected chi connectivity index (χ1v) is 5.92. The summed E-state index contributed by atoms with van der Waals surface area (Å²) in [4.78, 5) is 2.12. The highest BCUT2D eigenvalue weighted by Crippen LogP contribution is 2.21. The summed E-state index contributed by atoms with van der Waals surface area (Å²) in [6.07, 6.45) is 0. The molecular formula is C13H21FN2O. The summed E-state index contributed by atoms with van der Waals surface area (Å²) in [6, 6.07) is 6.67. The molecule has 1 aromatic rings. The summed E-state index contributed by atoms with van der Waals surface area (Å²) >= 11 is 0. The van der Waals surface area contributed by atoms with Crippen molar-refractivity contribution in [3.05, 3.63) is 35.6 Å². The Morgan fingerprint density at radius 1 is 1.29 bits per heavy atom. The van der Waals surface area contributed by atoms with Crippen LogP contribution < -0.4 is 5.73 Å². The first kappa shape index (κ1) is 14.1. The Balaban J connectivity index is 2.91. The lowest BCUT2D eigenvalue weighted by Gasteiger charge is -2.34. The summed E-state index contributed by atoms with van der Waals surface area (Å²) in [6.45, 7) is 5.22. The van der Waals surface area contributed by atoms with E-state index in [9.17, 15) is 4.39 Å². The van der Waals surface area contributed by atoms with Crippen molar-refractivity contribution in [2.45, 2.75) is 25.9 Å². The van der Waals surface area contributed by atoms with E-state index in [0.717, 1.165) is 5.56 Å². The molecule has 0 saturated carbocycles. The van der Waals surface area contributed by atoms with Gasteiger partial charge in [0.1, 0.15) is 5.82 Å². The van der Waals surface area contributed by atoms with Crippen LogP contribution in [0.2, 0.25) is 0 Å². The number of halogens is 1. The molecule has 0 heterocycles.